The third kappa shape index (κ3) is 11.9. The number of esters is 2. The van der Waals surface area contributed by atoms with Crippen molar-refractivity contribution in [1.29, 1.82) is 0 Å². The van der Waals surface area contributed by atoms with Crippen LogP contribution in [0, 0.1) is 11.8 Å². The molecular weight excluding hydrogens is 811 g/mol. The van der Waals surface area contributed by atoms with Crippen LogP contribution in [0.5, 0.6) is 27.6 Å². The van der Waals surface area contributed by atoms with Gasteiger partial charge in [-0.15, -0.1) is 0 Å². The van der Waals surface area contributed by atoms with Crippen LogP contribution in [-0.4, -0.2) is 102 Å². The number of benzene rings is 4. The molecule has 4 aromatic carbocycles. The minimum absolute atomic E-state index is 0.0909. The first kappa shape index (κ1) is 42.3. The molecule has 0 atom stereocenters. The molecule has 2 aromatic heterocycles. The number of carbonyl (C=O) groups excluding carboxylic acids is 3. The molecule has 14 heteroatoms. The van der Waals surface area contributed by atoms with Gasteiger partial charge in [0.2, 0.25) is 5.91 Å². The number of nitrogens with zero attached hydrogens (tertiary/aromatic N) is 5. The number of para-hydroxylation sites is 2. The van der Waals surface area contributed by atoms with E-state index in [2.05, 4.69) is 31.9 Å². The van der Waals surface area contributed by atoms with Gasteiger partial charge in [-0.1, -0.05) is 59.1 Å². The summed E-state index contributed by atoms with van der Waals surface area (Å²) >= 11 is 3.05. The van der Waals surface area contributed by atoms with Crippen LogP contribution in [0.2, 0.25) is 0 Å². The lowest BCUT2D eigenvalue weighted by molar-refractivity contribution is -0.162. The van der Waals surface area contributed by atoms with Crippen molar-refractivity contribution >= 4 is 61.0 Å². The topological polar surface area (TPSA) is 124 Å². The molecule has 0 radical (unpaired) electrons. The molecule has 2 saturated heterocycles. The molecular formula is C47H51N5O7S2. The monoisotopic (exact) mass is 861 g/mol. The average Bonchev–Trinajstić information content (AvgIpc) is 3.89. The first-order valence-corrected chi connectivity index (χ1v) is 22.7. The van der Waals surface area contributed by atoms with E-state index in [1.807, 2.05) is 84.9 Å². The van der Waals surface area contributed by atoms with E-state index >= 15 is 0 Å². The maximum absolute atomic E-state index is 13.2. The van der Waals surface area contributed by atoms with Crippen LogP contribution in [0.1, 0.15) is 44.1 Å². The van der Waals surface area contributed by atoms with Crippen LogP contribution in [0.25, 0.3) is 20.4 Å². The maximum atomic E-state index is 13.2. The van der Waals surface area contributed by atoms with Gasteiger partial charge in [0, 0.05) is 32.5 Å². The van der Waals surface area contributed by atoms with E-state index < -0.39 is 11.9 Å². The summed E-state index contributed by atoms with van der Waals surface area (Å²) in [6.45, 7) is 5.50. The normalized spacial score (nSPS) is 15.5. The number of hydrogen-bond donors (Lipinski definition) is 0. The number of aromatic nitrogens is 2. The third-order valence-electron chi connectivity index (χ3n) is 11.5. The summed E-state index contributed by atoms with van der Waals surface area (Å²) in [6, 6.07) is 31.7. The molecule has 2 aliphatic heterocycles. The van der Waals surface area contributed by atoms with Gasteiger partial charge < -0.3 is 28.7 Å². The lowest BCUT2D eigenvalue weighted by Crippen LogP contribution is -2.43. The van der Waals surface area contributed by atoms with E-state index in [9.17, 15) is 14.4 Å². The van der Waals surface area contributed by atoms with E-state index in [4.69, 9.17) is 18.9 Å². The average molecular weight is 862 g/mol. The molecule has 0 aliphatic carbocycles. The number of carbonyl (C=O) groups is 3. The number of rotatable bonds is 17. The van der Waals surface area contributed by atoms with Gasteiger partial charge in [-0.05, 0) is 137 Å². The van der Waals surface area contributed by atoms with Gasteiger partial charge in [0.05, 0.1) is 20.4 Å². The predicted octanol–water partition coefficient (Wildman–Crippen LogP) is 8.84. The number of hydrogen-bond acceptors (Lipinski definition) is 13. The van der Waals surface area contributed by atoms with Crippen LogP contribution < -0.4 is 14.2 Å². The van der Waals surface area contributed by atoms with Crippen molar-refractivity contribution in [2.24, 2.45) is 11.8 Å². The molecule has 1 amide bonds. The van der Waals surface area contributed by atoms with Crippen molar-refractivity contribution in [3.63, 3.8) is 0 Å². The van der Waals surface area contributed by atoms with Gasteiger partial charge in [-0.25, -0.2) is 14.8 Å². The second kappa shape index (κ2) is 20.4. The Labute approximate surface area is 364 Å². The van der Waals surface area contributed by atoms with Crippen LogP contribution in [-0.2, 0) is 25.5 Å². The molecule has 0 unspecified atom stereocenters. The van der Waals surface area contributed by atoms with Crippen molar-refractivity contribution in [2.75, 3.05) is 59.5 Å². The number of amides is 1. The zero-order valence-electron chi connectivity index (χ0n) is 34.4. The summed E-state index contributed by atoms with van der Waals surface area (Å²) in [7, 11) is 1.60. The third-order valence-corrected chi connectivity index (χ3v) is 13.3. The van der Waals surface area contributed by atoms with Crippen molar-refractivity contribution < 1.29 is 33.3 Å². The molecule has 12 nitrogen and oxygen atoms in total. The Morgan fingerprint density at radius 2 is 1.21 bits per heavy atom. The number of ether oxygens (including phenoxy) is 4. The van der Waals surface area contributed by atoms with Crippen LogP contribution in [0.4, 0.5) is 0 Å². The number of likely N-dealkylation sites (tertiary alicyclic amines) is 2. The Bertz CT molecular complexity index is 2320. The Kier molecular flexibility index (Phi) is 14.2. The molecule has 4 heterocycles. The summed E-state index contributed by atoms with van der Waals surface area (Å²) < 4.78 is 25.2. The molecule has 61 heavy (non-hydrogen) atoms. The molecule has 2 fully saturated rings. The van der Waals surface area contributed by atoms with E-state index in [1.165, 1.54) is 21.8 Å². The number of likely N-dealkylation sites (N-methyl/N-ethyl adjacent to an activating group) is 1. The van der Waals surface area contributed by atoms with E-state index in [1.54, 1.807) is 18.4 Å². The quantitative estimate of drug-likeness (QED) is 0.0646. The summed E-state index contributed by atoms with van der Waals surface area (Å²) in [5.41, 5.74) is 3.13. The standard InChI is InChI=1S/C47H51N5O7S2/c1-50(45(55)35-23-28-52(29-24-35)30-31-56-36-15-17-38(18-16-36)58-47-49-40-7-3-5-9-42(40)61-47)32-44(54)59-43(53)19-12-34-21-26-51(27-22-34)25-20-33-10-13-37(14-11-33)57-46-48-39-6-2-4-8-41(39)60-46/h2-11,13-18,34-35H,12,19-32H2,1H3. The summed E-state index contributed by atoms with van der Waals surface area (Å²) in [6.07, 6.45) is 5.26. The molecule has 0 saturated carbocycles. The van der Waals surface area contributed by atoms with E-state index in [0.717, 1.165) is 90.5 Å². The number of thiazole rings is 2. The molecule has 2 aliphatic rings. The zero-order chi connectivity index (χ0) is 42.0. The van der Waals surface area contributed by atoms with Crippen molar-refractivity contribution in [3.8, 4) is 27.6 Å². The lowest BCUT2D eigenvalue weighted by Gasteiger charge is -2.32. The predicted molar refractivity (Wildman–Crippen MR) is 238 cm³/mol. The second-order valence-electron chi connectivity index (χ2n) is 15.8. The molecule has 6 aromatic rings. The zero-order valence-corrected chi connectivity index (χ0v) is 36.0. The van der Waals surface area contributed by atoms with Gasteiger partial charge in [0.1, 0.15) is 30.4 Å². The molecule has 0 bridgehead atoms. The highest BCUT2D eigenvalue weighted by Crippen LogP contribution is 2.33. The van der Waals surface area contributed by atoms with Crippen LogP contribution in [0.15, 0.2) is 97.1 Å². The molecule has 318 valence electrons. The Morgan fingerprint density at radius 3 is 1.82 bits per heavy atom. The minimum Gasteiger partial charge on any atom is -0.492 e. The van der Waals surface area contributed by atoms with Crippen molar-refractivity contribution in [2.45, 2.75) is 44.9 Å². The van der Waals surface area contributed by atoms with Crippen molar-refractivity contribution in [1.82, 2.24) is 24.7 Å². The van der Waals surface area contributed by atoms with Gasteiger partial charge >= 0.3 is 11.9 Å². The van der Waals surface area contributed by atoms with Gasteiger partial charge in [0.25, 0.3) is 10.4 Å². The highest BCUT2D eigenvalue weighted by Gasteiger charge is 2.29. The summed E-state index contributed by atoms with van der Waals surface area (Å²) in [4.78, 5) is 53.6. The number of fused-ring (bicyclic) bond motifs is 2. The highest BCUT2D eigenvalue weighted by molar-refractivity contribution is 7.20. The van der Waals surface area contributed by atoms with Crippen LogP contribution >= 0.6 is 22.7 Å². The summed E-state index contributed by atoms with van der Waals surface area (Å²) in [5, 5.41) is 1.25. The van der Waals surface area contributed by atoms with Gasteiger partial charge in [0.15, 0.2) is 0 Å². The highest BCUT2D eigenvalue weighted by atomic mass is 32.1. The molecule has 8 rings (SSSR count). The minimum atomic E-state index is -0.682. The maximum Gasteiger partial charge on any atom is 0.333 e. The Balaban J connectivity index is 0.655. The van der Waals surface area contributed by atoms with E-state index in [0.29, 0.717) is 47.9 Å². The largest absolute Gasteiger partial charge is 0.492 e. The van der Waals surface area contributed by atoms with Gasteiger partial charge in [-0.3, -0.25) is 14.5 Å². The summed E-state index contributed by atoms with van der Waals surface area (Å²) in [5.74, 6) is 1.19. The smallest absolute Gasteiger partial charge is 0.333 e. The first-order valence-electron chi connectivity index (χ1n) is 21.1. The lowest BCUT2D eigenvalue weighted by atomic mass is 9.92. The fourth-order valence-electron chi connectivity index (χ4n) is 7.92. The molecule has 0 spiro atoms. The van der Waals surface area contributed by atoms with Gasteiger partial charge in [-0.2, -0.15) is 0 Å². The first-order chi connectivity index (χ1) is 29.8. The fourth-order valence-corrected chi connectivity index (χ4v) is 9.59. The Morgan fingerprint density at radius 1 is 0.672 bits per heavy atom. The molecule has 0 N–H and O–H groups in total. The van der Waals surface area contributed by atoms with E-state index in [-0.39, 0.29) is 24.8 Å². The fraction of sp³-hybridized carbons (Fsp3) is 0.383. The number of piperidine rings is 2. The van der Waals surface area contributed by atoms with Crippen LogP contribution in [0.3, 0.4) is 0 Å². The SMILES string of the molecule is CN(CC(=O)OC(=O)CCC1CCN(CCc2ccc(Oc3nc4ccccc4s3)cc2)CC1)C(=O)C1CCN(CCOc2ccc(Oc3nc4ccccc4s3)cc2)CC1. The van der Waals surface area contributed by atoms with Crippen molar-refractivity contribution in [3.05, 3.63) is 103 Å². The second-order valence-corrected chi connectivity index (χ2v) is 17.8. The Hall–Kier alpha value is -5.41.